The van der Waals surface area contributed by atoms with Gasteiger partial charge in [-0.3, -0.25) is 0 Å². The maximum absolute atomic E-state index is 5.36. The Balaban J connectivity index is 2.17. The van der Waals surface area contributed by atoms with Gasteiger partial charge in [-0.1, -0.05) is 0 Å². The summed E-state index contributed by atoms with van der Waals surface area (Å²) in [4.78, 5) is 4.47. The highest BCUT2D eigenvalue weighted by Gasteiger charge is 2.20. The summed E-state index contributed by atoms with van der Waals surface area (Å²) in [5, 5.41) is 0. The third-order valence-electron chi connectivity index (χ3n) is 2.84. The molecule has 1 saturated heterocycles. The second-order valence-corrected chi connectivity index (χ2v) is 4.17. The highest BCUT2D eigenvalue weighted by Crippen LogP contribution is 2.26. The maximum atomic E-state index is 5.36. The molecule has 0 unspecified atom stereocenters. The first-order valence-electron chi connectivity index (χ1n) is 5.39. The summed E-state index contributed by atoms with van der Waals surface area (Å²) >= 11 is 0. The van der Waals surface area contributed by atoms with Crippen molar-refractivity contribution in [2.24, 2.45) is 0 Å². The largest absolute Gasteiger partial charge is 0.381 e. The fourth-order valence-electron chi connectivity index (χ4n) is 2.03. The van der Waals surface area contributed by atoms with Crippen LogP contribution in [0, 0.1) is 0 Å². The third-order valence-corrected chi connectivity index (χ3v) is 2.84. The lowest BCUT2D eigenvalue weighted by Crippen LogP contribution is -2.18. The SMILES string of the molecule is CC(C)n1ccnc1C1CCOCC1. The molecular formula is C11H18N2O. The molecule has 1 fully saturated rings. The van der Waals surface area contributed by atoms with E-state index in [0.29, 0.717) is 12.0 Å². The van der Waals surface area contributed by atoms with E-state index in [0.717, 1.165) is 26.1 Å². The predicted octanol–water partition coefficient (Wildman–Crippen LogP) is 2.36. The predicted molar refractivity (Wildman–Crippen MR) is 55.4 cm³/mol. The van der Waals surface area contributed by atoms with E-state index in [9.17, 15) is 0 Å². The molecule has 78 valence electrons. The second kappa shape index (κ2) is 4.13. The molecule has 0 radical (unpaired) electrons. The Morgan fingerprint density at radius 2 is 2.14 bits per heavy atom. The summed E-state index contributed by atoms with van der Waals surface area (Å²) in [6.07, 6.45) is 6.22. The molecule has 3 nitrogen and oxygen atoms in total. The van der Waals surface area contributed by atoms with Crippen LogP contribution < -0.4 is 0 Å². The van der Waals surface area contributed by atoms with E-state index in [2.05, 4.69) is 29.6 Å². The zero-order chi connectivity index (χ0) is 9.97. The van der Waals surface area contributed by atoms with Crippen LogP contribution in [0.4, 0.5) is 0 Å². The first-order chi connectivity index (χ1) is 6.79. The van der Waals surface area contributed by atoms with Gasteiger partial charge in [-0.05, 0) is 26.7 Å². The molecule has 0 aliphatic carbocycles. The van der Waals surface area contributed by atoms with Gasteiger partial charge in [-0.25, -0.2) is 4.98 Å². The summed E-state index contributed by atoms with van der Waals surface area (Å²) in [7, 11) is 0. The molecule has 0 bridgehead atoms. The van der Waals surface area contributed by atoms with Crippen LogP contribution in [0.1, 0.15) is 44.5 Å². The molecule has 0 amide bonds. The molecule has 1 aliphatic rings. The van der Waals surface area contributed by atoms with Crippen LogP contribution in [0.15, 0.2) is 12.4 Å². The van der Waals surface area contributed by atoms with Crippen LogP contribution >= 0.6 is 0 Å². The molecule has 0 aromatic carbocycles. The minimum absolute atomic E-state index is 0.510. The fourth-order valence-corrected chi connectivity index (χ4v) is 2.03. The fraction of sp³-hybridized carbons (Fsp3) is 0.727. The minimum Gasteiger partial charge on any atom is -0.381 e. The van der Waals surface area contributed by atoms with E-state index in [1.165, 1.54) is 5.82 Å². The smallest absolute Gasteiger partial charge is 0.112 e. The normalized spacial score (nSPS) is 19.1. The number of ether oxygens (including phenoxy) is 1. The van der Waals surface area contributed by atoms with Crippen molar-refractivity contribution in [3.8, 4) is 0 Å². The monoisotopic (exact) mass is 194 g/mol. The van der Waals surface area contributed by atoms with Gasteiger partial charge in [0.15, 0.2) is 0 Å². The summed E-state index contributed by atoms with van der Waals surface area (Å²) in [5.41, 5.74) is 0. The summed E-state index contributed by atoms with van der Waals surface area (Å²) in [6.45, 7) is 6.17. The van der Waals surface area contributed by atoms with Gasteiger partial charge in [-0.15, -0.1) is 0 Å². The topological polar surface area (TPSA) is 27.1 Å². The van der Waals surface area contributed by atoms with E-state index in [4.69, 9.17) is 4.74 Å². The van der Waals surface area contributed by atoms with Gasteiger partial charge < -0.3 is 9.30 Å². The molecule has 1 aromatic heterocycles. The Morgan fingerprint density at radius 1 is 1.43 bits per heavy atom. The molecule has 1 aliphatic heterocycles. The van der Waals surface area contributed by atoms with E-state index < -0.39 is 0 Å². The standard InChI is InChI=1S/C11H18N2O/c1-9(2)13-6-5-12-11(13)10-3-7-14-8-4-10/h5-6,9-10H,3-4,7-8H2,1-2H3. The van der Waals surface area contributed by atoms with Gasteiger partial charge in [0.25, 0.3) is 0 Å². The Morgan fingerprint density at radius 3 is 2.79 bits per heavy atom. The lowest BCUT2D eigenvalue weighted by Gasteiger charge is -2.23. The van der Waals surface area contributed by atoms with Crippen molar-refractivity contribution in [1.29, 1.82) is 0 Å². The Bertz CT molecular complexity index is 287. The van der Waals surface area contributed by atoms with Crippen LogP contribution in [0.5, 0.6) is 0 Å². The minimum atomic E-state index is 0.510. The molecule has 0 atom stereocenters. The lowest BCUT2D eigenvalue weighted by molar-refractivity contribution is 0.0826. The van der Waals surface area contributed by atoms with Gasteiger partial charge in [0, 0.05) is 37.6 Å². The molecule has 0 saturated carbocycles. The van der Waals surface area contributed by atoms with Crippen LogP contribution in [0.2, 0.25) is 0 Å². The van der Waals surface area contributed by atoms with Gasteiger partial charge in [0.1, 0.15) is 5.82 Å². The van der Waals surface area contributed by atoms with Gasteiger partial charge in [0.2, 0.25) is 0 Å². The molecule has 1 aromatic rings. The number of rotatable bonds is 2. The average molecular weight is 194 g/mol. The van der Waals surface area contributed by atoms with Crippen molar-refractivity contribution in [3.05, 3.63) is 18.2 Å². The van der Waals surface area contributed by atoms with E-state index in [1.807, 2.05) is 6.20 Å². The third kappa shape index (κ3) is 1.82. The lowest BCUT2D eigenvalue weighted by atomic mass is 9.99. The highest BCUT2D eigenvalue weighted by molar-refractivity contribution is 5.02. The first kappa shape index (κ1) is 9.71. The maximum Gasteiger partial charge on any atom is 0.112 e. The van der Waals surface area contributed by atoms with Crippen LogP contribution in [-0.4, -0.2) is 22.8 Å². The van der Waals surface area contributed by atoms with Crippen LogP contribution in [-0.2, 0) is 4.74 Å². The second-order valence-electron chi connectivity index (χ2n) is 4.17. The summed E-state index contributed by atoms with van der Waals surface area (Å²) in [6, 6.07) is 0.510. The van der Waals surface area contributed by atoms with Crippen molar-refractivity contribution in [2.45, 2.75) is 38.6 Å². The van der Waals surface area contributed by atoms with Crippen LogP contribution in [0.25, 0.3) is 0 Å². The summed E-state index contributed by atoms with van der Waals surface area (Å²) < 4.78 is 7.63. The number of nitrogens with zero attached hydrogens (tertiary/aromatic N) is 2. The van der Waals surface area contributed by atoms with Crippen molar-refractivity contribution >= 4 is 0 Å². The number of imidazole rings is 1. The van der Waals surface area contributed by atoms with Crippen molar-refractivity contribution in [3.63, 3.8) is 0 Å². The van der Waals surface area contributed by atoms with Crippen LogP contribution in [0.3, 0.4) is 0 Å². The molecular weight excluding hydrogens is 176 g/mol. The Labute approximate surface area is 85.1 Å². The molecule has 2 heterocycles. The van der Waals surface area contributed by atoms with E-state index in [-0.39, 0.29) is 0 Å². The average Bonchev–Trinajstić information content (AvgIpc) is 2.67. The zero-order valence-corrected chi connectivity index (χ0v) is 8.94. The molecule has 3 heteroatoms. The van der Waals surface area contributed by atoms with Gasteiger partial charge >= 0.3 is 0 Å². The number of aromatic nitrogens is 2. The quantitative estimate of drug-likeness (QED) is 0.722. The van der Waals surface area contributed by atoms with Crippen molar-refractivity contribution in [1.82, 2.24) is 9.55 Å². The van der Waals surface area contributed by atoms with Gasteiger partial charge in [-0.2, -0.15) is 0 Å². The molecule has 14 heavy (non-hydrogen) atoms. The Hall–Kier alpha value is -0.830. The first-order valence-corrected chi connectivity index (χ1v) is 5.39. The highest BCUT2D eigenvalue weighted by atomic mass is 16.5. The molecule has 0 N–H and O–H groups in total. The Kier molecular flexibility index (Phi) is 2.87. The van der Waals surface area contributed by atoms with Crippen molar-refractivity contribution in [2.75, 3.05) is 13.2 Å². The van der Waals surface area contributed by atoms with Crippen molar-refractivity contribution < 1.29 is 4.74 Å². The number of hydrogen-bond donors (Lipinski definition) is 0. The van der Waals surface area contributed by atoms with E-state index >= 15 is 0 Å². The van der Waals surface area contributed by atoms with Gasteiger partial charge in [0.05, 0.1) is 0 Å². The number of hydrogen-bond acceptors (Lipinski definition) is 2. The van der Waals surface area contributed by atoms with E-state index in [1.54, 1.807) is 0 Å². The summed E-state index contributed by atoms with van der Waals surface area (Å²) in [5.74, 6) is 1.84. The molecule has 0 spiro atoms. The zero-order valence-electron chi connectivity index (χ0n) is 8.94. The molecule has 2 rings (SSSR count).